The summed E-state index contributed by atoms with van der Waals surface area (Å²) in [4.78, 5) is 10.4. The van der Waals surface area contributed by atoms with Gasteiger partial charge in [0.1, 0.15) is 0 Å². The lowest BCUT2D eigenvalue weighted by molar-refractivity contribution is -0.384. The van der Waals surface area contributed by atoms with E-state index >= 15 is 0 Å². The first-order chi connectivity index (χ1) is 12.0. The molecule has 1 heterocycles. The van der Waals surface area contributed by atoms with Gasteiger partial charge in [-0.05, 0) is 50.7 Å². The number of rotatable bonds is 4. The minimum atomic E-state index is -3.64. The highest BCUT2D eigenvalue weighted by Crippen LogP contribution is 2.30. The van der Waals surface area contributed by atoms with Crippen LogP contribution in [0.4, 0.5) is 5.69 Å². The van der Waals surface area contributed by atoms with Crippen LogP contribution in [0.15, 0.2) is 40.8 Å². The second-order valence-corrected chi connectivity index (χ2v) is 8.71. The summed E-state index contributed by atoms with van der Waals surface area (Å²) in [5, 5.41) is 10.8. The summed E-state index contributed by atoms with van der Waals surface area (Å²) in [5.41, 5.74) is 1.28. The van der Waals surface area contributed by atoms with E-state index in [0.29, 0.717) is 6.54 Å². The number of allylic oxidation sites excluding steroid dienone is 1. The lowest BCUT2D eigenvalue weighted by Crippen LogP contribution is -2.42. The van der Waals surface area contributed by atoms with Crippen molar-refractivity contribution in [1.82, 2.24) is 4.31 Å². The molecule has 6 nitrogen and oxygen atoms in total. The first-order valence-electron chi connectivity index (χ1n) is 8.94. The van der Waals surface area contributed by atoms with E-state index in [9.17, 15) is 18.5 Å². The summed E-state index contributed by atoms with van der Waals surface area (Å²) < 4.78 is 27.7. The van der Waals surface area contributed by atoms with Crippen molar-refractivity contribution in [2.24, 2.45) is 0 Å². The molecule has 7 heteroatoms. The highest BCUT2D eigenvalue weighted by Gasteiger charge is 2.33. The molecule has 1 atom stereocenters. The summed E-state index contributed by atoms with van der Waals surface area (Å²) >= 11 is 0. The van der Waals surface area contributed by atoms with Gasteiger partial charge in [0.05, 0.1) is 9.82 Å². The average molecular weight is 364 g/mol. The van der Waals surface area contributed by atoms with Gasteiger partial charge >= 0.3 is 0 Å². The molecular formula is C18H24N2O4S. The van der Waals surface area contributed by atoms with Gasteiger partial charge in [-0.25, -0.2) is 8.42 Å². The van der Waals surface area contributed by atoms with Crippen molar-refractivity contribution in [3.8, 4) is 0 Å². The van der Waals surface area contributed by atoms with E-state index in [1.54, 1.807) is 4.31 Å². The molecule has 1 saturated heterocycles. The smallest absolute Gasteiger partial charge is 0.258 e. The number of hydrogen-bond donors (Lipinski definition) is 0. The zero-order chi connectivity index (χ0) is 17.9. The summed E-state index contributed by atoms with van der Waals surface area (Å²) in [5.74, 6) is 0. The lowest BCUT2D eigenvalue weighted by atomic mass is 9.92. The molecule has 0 unspecified atom stereocenters. The third-order valence-corrected chi connectivity index (χ3v) is 7.01. The van der Waals surface area contributed by atoms with Crippen LogP contribution in [0.5, 0.6) is 0 Å². The number of non-ortho nitro benzene ring substituents is 1. The number of nitro groups is 1. The molecule has 1 aromatic rings. The van der Waals surface area contributed by atoms with Crippen LogP contribution >= 0.6 is 0 Å². The van der Waals surface area contributed by atoms with Crippen LogP contribution in [0, 0.1) is 10.1 Å². The first kappa shape index (κ1) is 18.1. The molecule has 0 bridgehead atoms. The van der Waals surface area contributed by atoms with E-state index < -0.39 is 14.9 Å². The van der Waals surface area contributed by atoms with Gasteiger partial charge in [0, 0.05) is 24.7 Å². The lowest BCUT2D eigenvalue weighted by Gasteiger charge is -2.34. The number of benzene rings is 1. The number of piperidine rings is 1. The van der Waals surface area contributed by atoms with Crippen LogP contribution < -0.4 is 0 Å². The molecule has 0 spiro atoms. The van der Waals surface area contributed by atoms with Gasteiger partial charge in [-0.15, -0.1) is 0 Å². The Labute approximate surface area is 148 Å². The van der Waals surface area contributed by atoms with Gasteiger partial charge in [-0.3, -0.25) is 10.1 Å². The maximum atomic E-state index is 13.0. The Balaban J connectivity index is 1.86. The molecule has 136 valence electrons. The number of nitrogens with zero attached hydrogens (tertiary/aromatic N) is 2. The van der Waals surface area contributed by atoms with Gasteiger partial charge in [0.2, 0.25) is 10.0 Å². The zero-order valence-corrected chi connectivity index (χ0v) is 15.1. The molecular weight excluding hydrogens is 340 g/mol. The molecule has 1 aromatic carbocycles. The van der Waals surface area contributed by atoms with Gasteiger partial charge in [-0.2, -0.15) is 4.31 Å². The van der Waals surface area contributed by atoms with Gasteiger partial charge < -0.3 is 0 Å². The van der Waals surface area contributed by atoms with E-state index in [2.05, 4.69) is 6.08 Å². The largest absolute Gasteiger partial charge is 0.269 e. The van der Waals surface area contributed by atoms with Crippen molar-refractivity contribution < 1.29 is 13.3 Å². The van der Waals surface area contributed by atoms with Crippen LogP contribution in [0.2, 0.25) is 0 Å². The fourth-order valence-corrected chi connectivity index (χ4v) is 5.36. The third kappa shape index (κ3) is 4.10. The van der Waals surface area contributed by atoms with E-state index in [1.165, 1.54) is 49.1 Å². The molecule has 1 saturated carbocycles. The van der Waals surface area contributed by atoms with Gasteiger partial charge in [0.25, 0.3) is 5.69 Å². The standard InChI is InChI=1S/C18H24N2O4S/c21-20(22)16-9-11-18(12-10-16)25(23,24)19-13-5-4-8-17(19)14-15-6-2-1-3-7-15/h9-12,14,17H,1-8,13H2/t17-/m0/s1. The second-order valence-electron chi connectivity index (χ2n) is 6.82. The Morgan fingerprint density at radius 2 is 1.72 bits per heavy atom. The summed E-state index contributed by atoms with van der Waals surface area (Å²) in [6, 6.07) is 5.10. The minimum Gasteiger partial charge on any atom is -0.258 e. The quantitative estimate of drug-likeness (QED) is 0.459. The number of nitro benzene ring substituents is 1. The highest BCUT2D eigenvalue weighted by atomic mass is 32.2. The van der Waals surface area contributed by atoms with Crippen molar-refractivity contribution in [2.75, 3.05) is 6.54 Å². The van der Waals surface area contributed by atoms with Gasteiger partial charge in [0.15, 0.2) is 0 Å². The van der Waals surface area contributed by atoms with E-state index in [-0.39, 0.29) is 16.6 Å². The Hall–Kier alpha value is -1.73. The normalized spacial score (nSPS) is 22.6. The Kier molecular flexibility index (Phi) is 5.54. The monoisotopic (exact) mass is 364 g/mol. The fraction of sp³-hybridized carbons (Fsp3) is 0.556. The molecule has 25 heavy (non-hydrogen) atoms. The fourth-order valence-electron chi connectivity index (χ4n) is 3.72. The Morgan fingerprint density at radius 3 is 2.36 bits per heavy atom. The maximum Gasteiger partial charge on any atom is 0.269 e. The number of sulfonamides is 1. The molecule has 0 amide bonds. The predicted molar refractivity (Wildman–Crippen MR) is 95.8 cm³/mol. The average Bonchev–Trinajstić information content (AvgIpc) is 2.63. The second kappa shape index (κ2) is 7.66. The minimum absolute atomic E-state index is 0.0953. The maximum absolute atomic E-state index is 13.0. The topological polar surface area (TPSA) is 80.5 Å². The predicted octanol–water partition coefficient (Wildman–Crippen LogP) is 4.03. The molecule has 0 N–H and O–H groups in total. The Bertz CT molecular complexity index is 748. The molecule has 2 aliphatic rings. The van der Waals surface area contributed by atoms with Crippen LogP contribution in [0.25, 0.3) is 0 Å². The van der Waals surface area contributed by atoms with E-state index in [4.69, 9.17) is 0 Å². The molecule has 1 aliphatic carbocycles. The highest BCUT2D eigenvalue weighted by molar-refractivity contribution is 7.89. The molecule has 0 radical (unpaired) electrons. The number of hydrogen-bond acceptors (Lipinski definition) is 4. The van der Waals surface area contributed by atoms with Crippen LogP contribution in [0.1, 0.15) is 51.4 Å². The van der Waals surface area contributed by atoms with Crippen LogP contribution in [0.3, 0.4) is 0 Å². The summed E-state index contributed by atoms with van der Waals surface area (Å²) in [6.45, 7) is 0.508. The van der Waals surface area contributed by atoms with Crippen molar-refractivity contribution in [3.63, 3.8) is 0 Å². The molecule has 3 rings (SSSR count). The molecule has 2 fully saturated rings. The van der Waals surface area contributed by atoms with Crippen LogP contribution in [-0.4, -0.2) is 30.2 Å². The summed E-state index contributed by atoms with van der Waals surface area (Å²) in [6.07, 6.45) is 10.7. The van der Waals surface area contributed by atoms with E-state index in [0.717, 1.165) is 32.1 Å². The SMILES string of the molecule is O=[N+]([O-])c1ccc(S(=O)(=O)N2CCCC[C@H]2C=C2CCCCC2)cc1. The Morgan fingerprint density at radius 1 is 1.04 bits per heavy atom. The van der Waals surface area contributed by atoms with Crippen molar-refractivity contribution in [3.05, 3.63) is 46.0 Å². The first-order valence-corrected chi connectivity index (χ1v) is 10.4. The van der Waals surface area contributed by atoms with Gasteiger partial charge in [-0.1, -0.05) is 24.5 Å². The molecule has 1 aliphatic heterocycles. The van der Waals surface area contributed by atoms with Crippen molar-refractivity contribution in [2.45, 2.75) is 62.3 Å². The summed E-state index contributed by atoms with van der Waals surface area (Å²) in [7, 11) is -3.64. The third-order valence-electron chi connectivity index (χ3n) is 5.08. The van der Waals surface area contributed by atoms with Crippen molar-refractivity contribution >= 4 is 15.7 Å². The van der Waals surface area contributed by atoms with E-state index in [1.807, 2.05) is 0 Å². The van der Waals surface area contributed by atoms with Crippen molar-refractivity contribution in [1.29, 1.82) is 0 Å². The van der Waals surface area contributed by atoms with Crippen LogP contribution in [-0.2, 0) is 10.0 Å². The zero-order valence-electron chi connectivity index (χ0n) is 14.3. The molecule has 0 aromatic heterocycles.